The van der Waals surface area contributed by atoms with Gasteiger partial charge in [-0.15, -0.1) is 0 Å². The van der Waals surface area contributed by atoms with Crippen molar-refractivity contribution in [1.82, 2.24) is 10.2 Å². The van der Waals surface area contributed by atoms with Crippen LogP contribution in [0.4, 0.5) is 4.79 Å². The van der Waals surface area contributed by atoms with Crippen LogP contribution in [0.1, 0.15) is 58.3 Å². The summed E-state index contributed by atoms with van der Waals surface area (Å²) in [6, 6.07) is -0.310. The highest BCUT2D eigenvalue weighted by Gasteiger charge is 2.20. The normalized spacial score (nSPS) is 18.9. The Morgan fingerprint density at radius 1 is 1.14 bits per heavy atom. The van der Waals surface area contributed by atoms with Crippen molar-refractivity contribution < 1.29 is 19.5 Å². The van der Waals surface area contributed by atoms with Crippen molar-refractivity contribution in [2.75, 3.05) is 13.1 Å². The van der Waals surface area contributed by atoms with Crippen LogP contribution >= 0.6 is 0 Å². The van der Waals surface area contributed by atoms with Crippen LogP contribution in [0.5, 0.6) is 0 Å². The molecule has 0 bridgehead atoms. The van der Waals surface area contributed by atoms with Gasteiger partial charge in [0.25, 0.3) is 0 Å². The second-order valence-corrected chi connectivity index (χ2v) is 5.65. The first-order valence-corrected chi connectivity index (χ1v) is 7.83. The van der Waals surface area contributed by atoms with E-state index in [4.69, 9.17) is 5.11 Å². The van der Waals surface area contributed by atoms with Crippen molar-refractivity contribution in [3.8, 4) is 0 Å². The van der Waals surface area contributed by atoms with Crippen LogP contribution in [0, 0.1) is 5.92 Å². The van der Waals surface area contributed by atoms with Crippen LogP contribution in [0.15, 0.2) is 0 Å². The summed E-state index contributed by atoms with van der Waals surface area (Å²) in [5.74, 6) is -0.502. The summed E-state index contributed by atoms with van der Waals surface area (Å²) in [6.07, 6.45) is 5.47. The van der Waals surface area contributed by atoms with Gasteiger partial charge in [0, 0.05) is 25.9 Å². The average molecular weight is 298 g/mol. The molecule has 6 nitrogen and oxygen atoms in total. The summed E-state index contributed by atoms with van der Waals surface area (Å²) in [4.78, 5) is 35.7. The van der Waals surface area contributed by atoms with Gasteiger partial charge in [-0.2, -0.15) is 0 Å². The number of carboxylic acids is 1. The van der Waals surface area contributed by atoms with E-state index in [0.717, 1.165) is 25.7 Å². The quantitative estimate of drug-likeness (QED) is 0.737. The van der Waals surface area contributed by atoms with Crippen LogP contribution < -0.4 is 5.32 Å². The summed E-state index contributed by atoms with van der Waals surface area (Å²) >= 11 is 0. The largest absolute Gasteiger partial charge is 0.481 e. The summed E-state index contributed by atoms with van der Waals surface area (Å²) in [6.45, 7) is 3.58. The lowest BCUT2D eigenvalue weighted by atomic mass is 9.98. The third-order valence-electron chi connectivity index (χ3n) is 4.00. The standard InChI is InChI=1S/C15H26N2O4/c1-2-12-6-5-10-17(11-9-12)15(21)16-13(18)7-3-4-8-14(19)20/h12H,2-11H2,1H3,(H,19,20)(H,16,18,21). The minimum Gasteiger partial charge on any atom is -0.481 e. The van der Waals surface area contributed by atoms with Gasteiger partial charge in [0.2, 0.25) is 5.91 Å². The number of unbranched alkanes of at least 4 members (excludes halogenated alkanes) is 1. The predicted molar refractivity (Wildman–Crippen MR) is 78.8 cm³/mol. The second kappa shape index (κ2) is 9.37. The molecule has 0 aromatic carbocycles. The van der Waals surface area contributed by atoms with E-state index in [2.05, 4.69) is 12.2 Å². The highest BCUT2D eigenvalue weighted by Crippen LogP contribution is 2.20. The van der Waals surface area contributed by atoms with Gasteiger partial charge in [-0.1, -0.05) is 13.3 Å². The molecule has 3 amide bonds. The molecule has 2 N–H and O–H groups in total. The van der Waals surface area contributed by atoms with E-state index >= 15 is 0 Å². The van der Waals surface area contributed by atoms with E-state index in [9.17, 15) is 14.4 Å². The Balaban J connectivity index is 2.25. The van der Waals surface area contributed by atoms with Gasteiger partial charge in [-0.05, 0) is 38.0 Å². The van der Waals surface area contributed by atoms with Gasteiger partial charge in [0.1, 0.15) is 0 Å². The highest BCUT2D eigenvalue weighted by molar-refractivity contribution is 5.94. The van der Waals surface area contributed by atoms with E-state index in [1.54, 1.807) is 4.90 Å². The molecular weight excluding hydrogens is 272 g/mol. The molecule has 1 rings (SSSR count). The Kier molecular flexibility index (Phi) is 7.79. The minimum absolute atomic E-state index is 0.0613. The fourth-order valence-electron chi connectivity index (χ4n) is 2.60. The number of nitrogens with zero attached hydrogens (tertiary/aromatic N) is 1. The zero-order chi connectivity index (χ0) is 15.7. The van der Waals surface area contributed by atoms with Crippen LogP contribution in [-0.2, 0) is 9.59 Å². The van der Waals surface area contributed by atoms with Gasteiger partial charge in [-0.25, -0.2) is 4.79 Å². The molecule has 0 aromatic rings. The number of carbonyl (C=O) groups is 3. The number of carbonyl (C=O) groups excluding carboxylic acids is 2. The van der Waals surface area contributed by atoms with Crippen LogP contribution in [0.3, 0.4) is 0 Å². The van der Waals surface area contributed by atoms with E-state index in [0.29, 0.717) is 31.8 Å². The number of hydrogen-bond donors (Lipinski definition) is 2. The maximum absolute atomic E-state index is 12.0. The van der Waals surface area contributed by atoms with E-state index in [1.807, 2.05) is 0 Å². The van der Waals surface area contributed by atoms with Crippen molar-refractivity contribution in [2.45, 2.75) is 58.3 Å². The van der Waals surface area contributed by atoms with E-state index < -0.39 is 5.97 Å². The molecule has 1 unspecified atom stereocenters. The lowest BCUT2D eigenvalue weighted by Crippen LogP contribution is -2.43. The molecule has 0 aliphatic carbocycles. The fraction of sp³-hybridized carbons (Fsp3) is 0.800. The number of imide groups is 1. The summed E-state index contributed by atoms with van der Waals surface area (Å²) < 4.78 is 0. The third kappa shape index (κ3) is 7.11. The van der Waals surface area contributed by atoms with Gasteiger partial charge >= 0.3 is 12.0 Å². The SMILES string of the molecule is CCC1CCCN(C(=O)NC(=O)CCCCC(=O)O)CC1. The number of rotatable bonds is 6. The van der Waals surface area contributed by atoms with Gasteiger partial charge in [-0.3, -0.25) is 14.9 Å². The Bertz CT molecular complexity index is 371. The first-order chi connectivity index (χ1) is 10.0. The average Bonchev–Trinajstić information content (AvgIpc) is 2.68. The Morgan fingerprint density at radius 2 is 1.86 bits per heavy atom. The number of nitrogens with one attached hydrogen (secondary N) is 1. The van der Waals surface area contributed by atoms with Gasteiger partial charge in [0.15, 0.2) is 0 Å². The summed E-state index contributed by atoms with van der Waals surface area (Å²) in [7, 11) is 0. The number of carboxylic acid groups (broad SMARTS) is 1. The van der Waals surface area contributed by atoms with Crippen molar-refractivity contribution in [3.63, 3.8) is 0 Å². The van der Waals surface area contributed by atoms with Crippen molar-refractivity contribution in [2.24, 2.45) is 5.92 Å². The molecule has 1 fully saturated rings. The minimum atomic E-state index is -0.860. The molecule has 21 heavy (non-hydrogen) atoms. The number of urea groups is 1. The highest BCUT2D eigenvalue weighted by atomic mass is 16.4. The molecule has 1 aliphatic rings. The van der Waals surface area contributed by atoms with Crippen molar-refractivity contribution >= 4 is 17.9 Å². The van der Waals surface area contributed by atoms with Crippen LogP contribution in [-0.4, -0.2) is 41.0 Å². The fourth-order valence-corrected chi connectivity index (χ4v) is 2.60. The molecule has 0 radical (unpaired) electrons. The molecule has 120 valence electrons. The van der Waals surface area contributed by atoms with E-state index in [-0.39, 0.29) is 24.8 Å². The lowest BCUT2D eigenvalue weighted by Gasteiger charge is -2.20. The first kappa shape index (κ1) is 17.5. The molecule has 1 atom stereocenters. The topological polar surface area (TPSA) is 86.7 Å². The maximum Gasteiger partial charge on any atom is 0.324 e. The Labute approximate surface area is 125 Å². The molecule has 1 heterocycles. The van der Waals surface area contributed by atoms with E-state index in [1.165, 1.54) is 0 Å². The molecular formula is C15H26N2O4. The molecule has 6 heteroatoms. The zero-order valence-electron chi connectivity index (χ0n) is 12.8. The number of likely N-dealkylation sites (tertiary alicyclic amines) is 1. The predicted octanol–water partition coefficient (Wildman–Crippen LogP) is 2.38. The number of amides is 3. The van der Waals surface area contributed by atoms with Crippen LogP contribution in [0.2, 0.25) is 0 Å². The summed E-state index contributed by atoms with van der Waals surface area (Å²) in [5, 5.41) is 10.9. The molecule has 0 spiro atoms. The molecule has 1 aliphatic heterocycles. The number of aliphatic carboxylic acids is 1. The van der Waals surface area contributed by atoms with Crippen molar-refractivity contribution in [3.05, 3.63) is 0 Å². The first-order valence-electron chi connectivity index (χ1n) is 7.83. The molecule has 0 aromatic heterocycles. The Morgan fingerprint density at radius 3 is 2.52 bits per heavy atom. The third-order valence-corrected chi connectivity index (χ3v) is 4.00. The zero-order valence-corrected chi connectivity index (χ0v) is 12.8. The smallest absolute Gasteiger partial charge is 0.324 e. The van der Waals surface area contributed by atoms with Crippen LogP contribution in [0.25, 0.3) is 0 Å². The maximum atomic E-state index is 12.0. The summed E-state index contributed by atoms with van der Waals surface area (Å²) in [5.41, 5.74) is 0. The lowest BCUT2D eigenvalue weighted by molar-refractivity contribution is -0.137. The molecule has 0 saturated carbocycles. The monoisotopic (exact) mass is 298 g/mol. The second-order valence-electron chi connectivity index (χ2n) is 5.65. The van der Waals surface area contributed by atoms with Gasteiger partial charge < -0.3 is 10.0 Å². The van der Waals surface area contributed by atoms with Gasteiger partial charge in [0.05, 0.1) is 0 Å². The Hall–Kier alpha value is -1.59. The molecule has 1 saturated heterocycles. The van der Waals surface area contributed by atoms with Crippen molar-refractivity contribution in [1.29, 1.82) is 0 Å². The number of hydrogen-bond acceptors (Lipinski definition) is 3.